The van der Waals surface area contributed by atoms with Gasteiger partial charge in [0.15, 0.2) is 0 Å². The lowest BCUT2D eigenvalue weighted by atomic mass is 10.2. The van der Waals surface area contributed by atoms with Crippen LogP contribution in [-0.2, 0) is 13.1 Å². The topological polar surface area (TPSA) is 31.4 Å². The van der Waals surface area contributed by atoms with Gasteiger partial charge in [0.05, 0.1) is 5.69 Å². The summed E-state index contributed by atoms with van der Waals surface area (Å²) in [5.74, 6) is 0.692. The third-order valence-electron chi connectivity index (χ3n) is 2.80. The molecule has 1 aromatic rings. The van der Waals surface area contributed by atoms with Crippen molar-refractivity contribution in [2.75, 3.05) is 40.8 Å². The highest BCUT2D eigenvalue weighted by Gasteiger charge is 2.11. The van der Waals surface area contributed by atoms with Crippen LogP contribution >= 0.6 is 11.3 Å². The molecule has 1 heterocycles. The fourth-order valence-electron chi connectivity index (χ4n) is 1.98. The zero-order chi connectivity index (χ0) is 14.3. The van der Waals surface area contributed by atoms with Gasteiger partial charge in [0.2, 0.25) is 0 Å². The number of nitrogens with zero attached hydrogens (tertiary/aromatic N) is 3. The molecular weight excluding hydrogens is 256 g/mol. The van der Waals surface area contributed by atoms with E-state index in [1.807, 2.05) is 7.05 Å². The second kappa shape index (κ2) is 8.64. The van der Waals surface area contributed by atoms with Crippen molar-refractivity contribution in [3.05, 3.63) is 16.1 Å². The lowest BCUT2D eigenvalue weighted by Crippen LogP contribution is -2.34. The Morgan fingerprint density at radius 1 is 1.32 bits per heavy atom. The minimum atomic E-state index is 0.692. The predicted octanol–water partition coefficient (Wildman–Crippen LogP) is 1.88. The highest BCUT2D eigenvalue weighted by atomic mass is 32.1. The van der Waals surface area contributed by atoms with Crippen molar-refractivity contribution < 1.29 is 0 Å². The maximum atomic E-state index is 4.67. The molecule has 0 bridgehead atoms. The summed E-state index contributed by atoms with van der Waals surface area (Å²) in [7, 11) is 6.21. The molecule has 0 spiro atoms. The van der Waals surface area contributed by atoms with Gasteiger partial charge in [0.25, 0.3) is 0 Å². The molecule has 0 radical (unpaired) electrons. The molecular formula is C14H28N4S. The summed E-state index contributed by atoms with van der Waals surface area (Å²) in [4.78, 5) is 9.41. The van der Waals surface area contributed by atoms with Crippen molar-refractivity contribution in [2.45, 2.75) is 26.9 Å². The van der Waals surface area contributed by atoms with Crippen LogP contribution in [0.1, 0.15) is 24.5 Å². The Labute approximate surface area is 121 Å². The molecule has 0 amide bonds. The van der Waals surface area contributed by atoms with E-state index in [-0.39, 0.29) is 0 Å². The lowest BCUT2D eigenvalue weighted by molar-refractivity contribution is 0.210. The van der Waals surface area contributed by atoms with Gasteiger partial charge in [-0.3, -0.25) is 4.90 Å². The van der Waals surface area contributed by atoms with Crippen molar-refractivity contribution in [3.63, 3.8) is 0 Å². The van der Waals surface area contributed by atoms with E-state index in [0.717, 1.165) is 32.7 Å². The molecule has 0 fully saturated rings. The molecule has 1 aromatic heterocycles. The zero-order valence-electron chi connectivity index (χ0n) is 12.9. The van der Waals surface area contributed by atoms with E-state index in [1.54, 1.807) is 11.3 Å². The van der Waals surface area contributed by atoms with Gasteiger partial charge in [-0.15, -0.1) is 11.3 Å². The number of nitrogens with one attached hydrogen (secondary N) is 1. The summed E-state index contributed by atoms with van der Waals surface area (Å²) in [5.41, 5.74) is 1.20. The van der Waals surface area contributed by atoms with E-state index in [2.05, 4.69) is 53.4 Å². The fourth-order valence-corrected chi connectivity index (χ4v) is 2.77. The van der Waals surface area contributed by atoms with Gasteiger partial charge in [-0.05, 0) is 27.1 Å². The molecule has 1 N–H and O–H groups in total. The average molecular weight is 284 g/mol. The molecule has 0 unspecified atom stereocenters. The van der Waals surface area contributed by atoms with Gasteiger partial charge in [0.1, 0.15) is 5.01 Å². The second-order valence-corrected chi connectivity index (χ2v) is 6.64. The molecule has 0 atom stereocenters. The van der Waals surface area contributed by atoms with E-state index in [1.165, 1.54) is 10.7 Å². The molecule has 0 saturated heterocycles. The van der Waals surface area contributed by atoms with Crippen LogP contribution in [0, 0.1) is 5.92 Å². The first-order chi connectivity index (χ1) is 9.01. The molecule has 0 aliphatic heterocycles. The summed E-state index contributed by atoms with van der Waals surface area (Å²) in [6, 6.07) is 0. The molecule has 0 aliphatic rings. The van der Waals surface area contributed by atoms with E-state index < -0.39 is 0 Å². The highest BCUT2D eigenvalue weighted by molar-refractivity contribution is 7.09. The van der Waals surface area contributed by atoms with Gasteiger partial charge in [-0.25, -0.2) is 4.98 Å². The van der Waals surface area contributed by atoms with Crippen LogP contribution in [0.5, 0.6) is 0 Å². The summed E-state index contributed by atoms with van der Waals surface area (Å²) < 4.78 is 0. The Morgan fingerprint density at radius 2 is 2.05 bits per heavy atom. The third kappa shape index (κ3) is 7.01. The molecule has 0 saturated carbocycles. The first-order valence-electron chi connectivity index (χ1n) is 6.96. The first kappa shape index (κ1) is 16.6. The number of aromatic nitrogens is 1. The maximum absolute atomic E-state index is 4.67. The van der Waals surface area contributed by atoms with Crippen LogP contribution in [0.15, 0.2) is 5.38 Å². The van der Waals surface area contributed by atoms with Crippen LogP contribution in [0.3, 0.4) is 0 Å². The second-order valence-electron chi connectivity index (χ2n) is 5.70. The molecule has 5 heteroatoms. The Morgan fingerprint density at radius 3 is 2.63 bits per heavy atom. The van der Waals surface area contributed by atoms with Gasteiger partial charge in [-0.2, -0.15) is 0 Å². The van der Waals surface area contributed by atoms with Gasteiger partial charge in [-0.1, -0.05) is 13.8 Å². The van der Waals surface area contributed by atoms with E-state index in [0.29, 0.717) is 5.92 Å². The first-order valence-corrected chi connectivity index (χ1v) is 7.84. The number of hydrogen-bond donors (Lipinski definition) is 1. The third-order valence-corrected chi connectivity index (χ3v) is 3.70. The van der Waals surface area contributed by atoms with Crippen molar-refractivity contribution in [1.82, 2.24) is 20.1 Å². The number of likely N-dealkylation sites (N-methyl/N-ethyl adjacent to an activating group) is 1. The Kier molecular flexibility index (Phi) is 7.53. The summed E-state index contributed by atoms with van der Waals surface area (Å²) >= 11 is 1.75. The van der Waals surface area contributed by atoms with Crippen molar-refractivity contribution >= 4 is 11.3 Å². The number of thiazole rings is 1. The quantitative estimate of drug-likeness (QED) is 0.750. The van der Waals surface area contributed by atoms with E-state index in [4.69, 9.17) is 0 Å². The summed E-state index contributed by atoms with van der Waals surface area (Å²) in [5, 5.41) is 6.52. The predicted molar refractivity (Wildman–Crippen MR) is 83.5 cm³/mol. The van der Waals surface area contributed by atoms with Crippen LogP contribution in [0.25, 0.3) is 0 Å². The molecule has 110 valence electrons. The lowest BCUT2D eigenvalue weighted by Gasteiger charge is -2.25. The monoisotopic (exact) mass is 284 g/mol. The van der Waals surface area contributed by atoms with Gasteiger partial charge < -0.3 is 10.2 Å². The number of hydrogen-bond acceptors (Lipinski definition) is 5. The maximum Gasteiger partial charge on any atom is 0.107 e. The standard InChI is InChI=1S/C14H28N4S/c1-12(2)9-18(7-6-17(4)5)10-13-11-19-14(16-13)8-15-3/h11-12,15H,6-10H2,1-5H3. The molecule has 4 nitrogen and oxygen atoms in total. The summed E-state index contributed by atoms with van der Waals surface area (Å²) in [6.07, 6.45) is 0. The largest absolute Gasteiger partial charge is 0.314 e. The molecule has 0 aliphatic carbocycles. The van der Waals surface area contributed by atoms with E-state index in [9.17, 15) is 0 Å². The van der Waals surface area contributed by atoms with E-state index >= 15 is 0 Å². The minimum absolute atomic E-state index is 0.692. The minimum Gasteiger partial charge on any atom is -0.314 e. The van der Waals surface area contributed by atoms with Crippen molar-refractivity contribution in [3.8, 4) is 0 Å². The van der Waals surface area contributed by atoms with Crippen LogP contribution < -0.4 is 5.32 Å². The smallest absolute Gasteiger partial charge is 0.107 e. The average Bonchev–Trinajstić information content (AvgIpc) is 2.73. The highest BCUT2D eigenvalue weighted by Crippen LogP contribution is 2.12. The van der Waals surface area contributed by atoms with Crippen LogP contribution in [-0.4, -0.2) is 55.6 Å². The van der Waals surface area contributed by atoms with Gasteiger partial charge in [0, 0.05) is 38.1 Å². The zero-order valence-corrected chi connectivity index (χ0v) is 13.8. The van der Waals surface area contributed by atoms with Crippen LogP contribution in [0.4, 0.5) is 0 Å². The SMILES string of the molecule is CNCc1nc(CN(CCN(C)C)CC(C)C)cs1. The summed E-state index contributed by atoms with van der Waals surface area (Å²) in [6.45, 7) is 9.71. The van der Waals surface area contributed by atoms with Crippen molar-refractivity contribution in [1.29, 1.82) is 0 Å². The molecule has 1 rings (SSSR count). The normalized spacial score (nSPS) is 12.0. The van der Waals surface area contributed by atoms with Crippen LogP contribution in [0.2, 0.25) is 0 Å². The Hall–Kier alpha value is -0.490. The molecule has 0 aromatic carbocycles. The van der Waals surface area contributed by atoms with Crippen molar-refractivity contribution in [2.24, 2.45) is 5.92 Å². The number of rotatable bonds is 9. The Balaban J connectivity index is 2.53. The van der Waals surface area contributed by atoms with Gasteiger partial charge >= 0.3 is 0 Å². The Bertz CT molecular complexity index is 349. The fraction of sp³-hybridized carbons (Fsp3) is 0.786. The molecule has 19 heavy (non-hydrogen) atoms.